The molecule has 29 nitrogen and oxygen atoms in total. The van der Waals surface area contributed by atoms with Crippen LogP contribution in [0.3, 0.4) is 0 Å². The van der Waals surface area contributed by atoms with E-state index in [-0.39, 0.29) is 86.3 Å². The molecule has 0 aromatic carbocycles. The van der Waals surface area contributed by atoms with E-state index >= 15 is 0 Å². The highest BCUT2D eigenvalue weighted by molar-refractivity contribution is 5.91. The lowest BCUT2D eigenvalue weighted by atomic mass is 9.86. The summed E-state index contributed by atoms with van der Waals surface area (Å²) in [5, 5.41) is 75.6. The Hall–Kier alpha value is -7.43. The minimum absolute atomic E-state index is 0.00595. The molecule has 2 fully saturated rings. The van der Waals surface area contributed by atoms with Gasteiger partial charge in [0, 0.05) is 20.1 Å². The van der Waals surface area contributed by atoms with Crippen molar-refractivity contribution >= 4 is 89.4 Å². The van der Waals surface area contributed by atoms with Crippen LogP contribution in [-0.4, -0.2) is 171 Å². The van der Waals surface area contributed by atoms with Crippen LogP contribution in [0.2, 0.25) is 0 Å². The summed E-state index contributed by atoms with van der Waals surface area (Å²) < 4.78 is 22.7. The summed E-state index contributed by atoms with van der Waals surface area (Å²) in [5.41, 5.74) is 0. The van der Waals surface area contributed by atoms with Crippen molar-refractivity contribution in [2.75, 3.05) is 35.5 Å². The number of ketones is 1. The van der Waals surface area contributed by atoms with Crippen molar-refractivity contribution in [3.8, 4) is 0 Å². The Balaban J connectivity index is -0.000000309. The van der Waals surface area contributed by atoms with Gasteiger partial charge in [0.05, 0.1) is 104 Å². The number of carboxylic acid groups (broad SMARTS) is 7. The highest BCUT2D eigenvalue weighted by atomic mass is 16.6. The van der Waals surface area contributed by atoms with Gasteiger partial charge in [-0.15, -0.1) is 0 Å². The van der Waals surface area contributed by atoms with E-state index < -0.39 is 137 Å². The van der Waals surface area contributed by atoms with Crippen LogP contribution in [-0.2, 0) is 95.6 Å². The lowest BCUT2D eigenvalue weighted by Gasteiger charge is -2.25. The van der Waals surface area contributed by atoms with Crippen molar-refractivity contribution in [3.63, 3.8) is 0 Å². The Morgan fingerprint density at radius 2 is 0.600 bits per heavy atom. The second kappa shape index (κ2) is 45.9. The number of Topliss-reactive ketones (excluding diaryl/α,β-unsaturated/α-hetero) is 1. The predicted molar refractivity (Wildman–Crippen MR) is 294 cm³/mol. The van der Waals surface area contributed by atoms with Crippen LogP contribution in [0.5, 0.6) is 0 Å². The lowest BCUT2D eigenvalue weighted by molar-refractivity contribution is -0.174. The fourth-order valence-electron chi connectivity index (χ4n) is 7.96. The normalized spacial score (nSPS) is 19.6. The molecule has 9 N–H and O–H groups in total. The predicted octanol–water partition coefficient (Wildman–Crippen LogP) is 4.36. The molecule has 2 aliphatic heterocycles. The second-order valence-electron chi connectivity index (χ2n) is 20.9. The molecule has 0 saturated carbocycles. The molecule has 14 unspecified atom stereocenters. The molecule has 0 spiro atoms. The summed E-state index contributed by atoms with van der Waals surface area (Å²) in [5.74, 6) is -19.3. The summed E-state index contributed by atoms with van der Waals surface area (Å²) in [4.78, 5) is 165. The number of hydrogen-bond acceptors (Lipinski definition) is 22. The lowest BCUT2D eigenvalue weighted by Crippen LogP contribution is -2.35. The van der Waals surface area contributed by atoms with E-state index in [9.17, 15) is 71.9 Å². The first kappa shape index (κ1) is 86.4. The van der Waals surface area contributed by atoms with Crippen LogP contribution in [0.4, 0.5) is 0 Å². The highest BCUT2D eigenvalue weighted by Gasteiger charge is 2.38. The highest BCUT2D eigenvalue weighted by Crippen LogP contribution is 2.29. The number of rotatable bonds is 27. The van der Waals surface area contributed by atoms with Gasteiger partial charge in [-0.1, -0.05) is 69.2 Å². The fourth-order valence-corrected chi connectivity index (χ4v) is 7.96. The quantitative estimate of drug-likeness (QED) is 0.0313. The van der Waals surface area contributed by atoms with Crippen LogP contribution >= 0.6 is 0 Å². The van der Waals surface area contributed by atoms with Gasteiger partial charge in [-0.05, 0) is 71.1 Å². The summed E-state index contributed by atoms with van der Waals surface area (Å²) in [6, 6.07) is 0. The number of carboxylic acids is 7. The van der Waals surface area contributed by atoms with E-state index in [0.717, 1.165) is 14.2 Å². The number of aliphatic hydroxyl groups excluding tert-OH is 2. The van der Waals surface area contributed by atoms with Gasteiger partial charge < -0.3 is 69.6 Å². The maximum Gasteiger partial charge on any atom is 0.316 e. The van der Waals surface area contributed by atoms with Gasteiger partial charge in [0.25, 0.3) is 0 Å². The Morgan fingerprint density at radius 3 is 0.824 bits per heavy atom. The second-order valence-corrected chi connectivity index (χ2v) is 20.9. The van der Waals surface area contributed by atoms with Gasteiger partial charge in [0.1, 0.15) is 5.78 Å². The van der Waals surface area contributed by atoms with Crippen molar-refractivity contribution in [1.29, 1.82) is 0 Å². The largest absolute Gasteiger partial charge is 0.481 e. The zero-order valence-corrected chi connectivity index (χ0v) is 51.4. The number of hydrogen-bond donors (Lipinski definition) is 9. The minimum atomic E-state index is -1.15. The molecule has 2 heterocycles. The van der Waals surface area contributed by atoms with E-state index in [4.69, 9.17) is 46.0 Å². The number of aliphatic hydroxyl groups is 2. The fraction of sp³-hybridized carbons (Fsp3) is 0.732. The number of ether oxygens (including phenoxy) is 5. The average molecular weight is 1230 g/mol. The summed E-state index contributed by atoms with van der Waals surface area (Å²) in [6.45, 7) is 17.2. The van der Waals surface area contributed by atoms with Gasteiger partial charge in [-0.25, -0.2) is 0 Å². The zero-order chi connectivity index (χ0) is 67.9. The maximum absolute atomic E-state index is 11.4. The zero-order valence-electron chi connectivity index (χ0n) is 51.4. The Morgan fingerprint density at radius 1 is 0.376 bits per heavy atom. The van der Waals surface area contributed by atoms with Crippen LogP contribution in [0, 0.1) is 88.8 Å². The third-order valence-corrected chi connectivity index (χ3v) is 13.5. The van der Waals surface area contributed by atoms with Crippen LogP contribution in [0.15, 0.2) is 0 Å². The van der Waals surface area contributed by atoms with Crippen molar-refractivity contribution in [2.24, 2.45) is 88.8 Å². The molecule has 2 aliphatic rings. The van der Waals surface area contributed by atoms with Crippen molar-refractivity contribution in [2.45, 2.75) is 140 Å². The van der Waals surface area contributed by atoms with E-state index in [1.165, 1.54) is 55.9 Å². The van der Waals surface area contributed by atoms with Gasteiger partial charge in [-0.2, -0.15) is 0 Å². The third kappa shape index (κ3) is 37.5. The van der Waals surface area contributed by atoms with Crippen molar-refractivity contribution < 1.29 is 142 Å². The molecule has 0 radical (unpaired) electrons. The molecule has 2 saturated heterocycles. The Kier molecular flexibility index (Phi) is 46.7. The molecule has 2 rings (SSSR count). The van der Waals surface area contributed by atoms with E-state index in [1.807, 2.05) is 0 Å². The summed E-state index contributed by atoms with van der Waals surface area (Å²) >= 11 is 0. The molecule has 14 atom stereocenters. The maximum atomic E-state index is 11.4. The summed E-state index contributed by atoms with van der Waals surface area (Å²) in [6.07, 6.45) is 1.85. The van der Waals surface area contributed by atoms with Gasteiger partial charge in [-0.3, -0.25) is 71.9 Å². The molecule has 490 valence electrons. The Bertz CT molecular complexity index is 2110. The monoisotopic (exact) mass is 1230 g/mol. The van der Waals surface area contributed by atoms with Crippen LogP contribution < -0.4 is 0 Å². The van der Waals surface area contributed by atoms with Crippen LogP contribution in [0.25, 0.3) is 0 Å². The number of carbonyl (C=O) groups is 15. The van der Waals surface area contributed by atoms with Gasteiger partial charge in [0.2, 0.25) is 0 Å². The molecule has 29 heteroatoms. The molecule has 0 aromatic heterocycles. The van der Waals surface area contributed by atoms with Gasteiger partial charge in [0.15, 0.2) is 0 Å². The molecule has 0 bridgehead atoms. The van der Waals surface area contributed by atoms with E-state index in [2.05, 4.69) is 23.7 Å². The van der Waals surface area contributed by atoms with E-state index in [0.29, 0.717) is 19.3 Å². The standard InChI is InChI=1S/C12H20O5.C11H18O6.C11H16O5.C10H16O6.C10H14O5.2CH4O/c1-7(9(3)13)5-10(11(14)15)6-8(2)12(16)17-4;1-6(9(12)13)4-8(10(14)15)5-7(2)11(16)17-3;1-6(9(12)15-3)4-8-5-7(2)10(13)16-11(8)14;1-5(8(11)12)3-7(10(15)16)4-6(2)9(13)14;1-5(8(11)12)3-7-4-6(2)9(13)15-10(7)14;2*1-2/h7-8,10H,5-6H2,1-4H3,(H,14,15);6-8H,4-5H2,1-3H3,(H,12,13)(H,14,15);6-8H,4-5H2,1-3H3;5-7H,3-4H2,1-2H3,(H,11,12)(H,13,14)(H,15,16);5-7H,3-4H2,1-2H3,(H,11,12);2*2H,1H3. The van der Waals surface area contributed by atoms with Gasteiger partial charge >= 0.3 is 83.6 Å². The first-order chi connectivity index (χ1) is 39.2. The first-order valence-corrected chi connectivity index (χ1v) is 26.9. The van der Waals surface area contributed by atoms with Crippen LogP contribution in [0.1, 0.15) is 140 Å². The summed E-state index contributed by atoms with van der Waals surface area (Å²) in [7, 11) is 5.81. The smallest absolute Gasteiger partial charge is 0.316 e. The molecule has 0 aromatic rings. The van der Waals surface area contributed by atoms with Crippen molar-refractivity contribution in [1.82, 2.24) is 0 Å². The number of aliphatic carboxylic acids is 7. The molecule has 0 aliphatic carbocycles. The first-order valence-electron chi connectivity index (χ1n) is 26.9. The third-order valence-electron chi connectivity index (χ3n) is 13.5. The van der Waals surface area contributed by atoms with Crippen molar-refractivity contribution in [3.05, 3.63) is 0 Å². The Labute approximate surface area is 494 Å². The minimum Gasteiger partial charge on any atom is -0.481 e. The SMILES string of the molecule is CC(CC(CC(C)C(=O)O)C(=O)O)C(=O)O.CC(CC1CC(C)C(=O)OC1=O)C(=O)O.CO.CO.COC(=O)C(C)CC(CC(C)C(=O)O)C(=O)O.COC(=O)C(C)CC(CC(C)C(C)=O)C(=O)O.COC(=O)C(C)CC1CC(C)C(=O)OC1=O. The number of esters is 7. The number of methoxy groups -OCH3 is 3. The molecule has 85 heavy (non-hydrogen) atoms. The number of carbonyl (C=O) groups excluding carboxylic acids is 8. The molecule has 0 amide bonds. The molecular weight excluding hydrogens is 1140 g/mol. The number of cyclic esters (lactones) is 4. The van der Waals surface area contributed by atoms with E-state index in [1.54, 1.807) is 41.5 Å². The topological polar surface area (TPSA) is 484 Å². The molecular formula is C56H92O29. The average Bonchev–Trinajstić information content (AvgIpc) is 3.65.